The van der Waals surface area contributed by atoms with Gasteiger partial charge in [-0.2, -0.15) is 0 Å². The first-order valence-corrected chi connectivity index (χ1v) is 12.9. The molecule has 1 aliphatic heterocycles. The van der Waals surface area contributed by atoms with Crippen molar-refractivity contribution in [3.8, 4) is 5.75 Å². The minimum atomic E-state index is -2.92. The lowest BCUT2D eigenvalue weighted by atomic mass is 9.86. The zero-order valence-electron chi connectivity index (χ0n) is 17.9. The van der Waals surface area contributed by atoms with Crippen molar-refractivity contribution in [3.63, 3.8) is 0 Å². The summed E-state index contributed by atoms with van der Waals surface area (Å²) in [5, 5.41) is 11.0. The van der Waals surface area contributed by atoms with Crippen molar-refractivity contribution >= 4 is 26.3 Å². The van der Waals surface area contributed by atoms with Crippen LogP contribution in [0.15, 0.2) is 36.4 Å². The average Bonchev–Trinajstić information content (AvgIpc) is 2.77. The maximum Gasteiger partial charge on any atom is 0.150 e. The molecular weight excluding hydrogens is 396 g/mol. The van der Waals surface area contributed by atoms with Gasteiger partial charge < -0.3 is 10.1 Å². The molecule has 1 N–H and O–H groups in total. The van der Waals surface area contributed by atoms with Crippen LogP contribution in [0, 0.1) is 11.3 Å². The van der Waals surface area contributed by atoms with Crippen molar-refractivity contribution < 1.29 is 13.2 Å². The molecule has 1 unspecified atom stereocenters. The maximum atomic E-state index is 11.8. The van der Waals surface area contributed by atoms with E-state index in [-0.39, 0.29) is 11.2 Å². The number of likely N-dealkylation sites (tertiary alicyclic amines) is 1. The maximum absolute atomic E-state index is 11.8. The monoisotopic (exact) mass is 428 g/mol. The summed E-state index contributed by atoms with van der Waals surface area (Å²) in [5.41, 5.74) is 1.72. The lowest BCUT2D eigenvalue weighted by molar-refractivity contribution is 0.117. The smallest absolute Gasteiger partial charge is 0.150 e. The Labute approximate surface area is 179 Å². The van der Waals surface area contributed by atoms with Crippen LogP contribution in [-0.2, 0) is 9.84 Å². The Kier molecular flexibility index (Phi) is 6.16. The molecule has 30 heavy (non-hydrogen) atoms. The SMILES string of the molecule is COc1ccc2cc(C(=N)C3CCCN(C4CCC(S(C)(=O)=O)CC4)C3)ccc2c1. The van der Waals surface area contributed by atoms with Crippen molar-refractivity contribution in [2.24, 2.45) is 5.92 Å². The summed E-state index contributed by atoms with van der Waals surface area (Å²) in [5.74, 6) is 1.08. The van der Waals surface area contributed by atoms with Crippen LogP contribution in [0.3, 0.4) is 0 Å². The molecule has 162 valence electrons. The lowest BCUT2D eigenvalue weighted by Gasteiger charge is -2.41. The van der Waals surface area contributed by atoms with Crippen molar-refractivity contribution in [1.82, 2.24) is 4.90 Å². The zero-order valence-corrected chi connectivity index (χ0v) is 18.7. The van der Waals surface area contributed by atoms with E-state index in [9.17, 15) is 8.42 Å². The van der Waals surface area contributed by atoms with Gasteiger partial charge >= 0.3 is 0 Å². The van der Waals surface area contributed by atoms with Crippen LogP contribution in [0.4, 0.5) is 0 Å². The van der Waals surface area contributed by atoms with Gasteiger partial charge in [0.15, 0.2) is 0 Å². The number of benzene rings is 2. The minimum absolute atomic E-state index is 0.163. The van der Waals surface area contributed by atoms with E-state index < -0.39 is 9.84 Å². The van der Waals surface area contributed by atoms with Gasteiger partial charge in [-0.15, -0.1) is 0 Å². The molecule has 0 radical (unpaired) electrons. The summed E-state index contributed by atoms with van der Waals surface area (Å²) in [6.07, 6.45) is 6.98. The molecule has 1 atom stereocenters. The molecule has 1 heterocycles. The summed E-state index contributed by atoms with van der Waals surface area (Å²) in [6.45, 7) is 1.98. The van der Waals surface area contributed by atoms with Gasteiger partial charge in [0.25, 0.3) is 0 Å². The number of nitrogens with one attached hydrogen (secondary N) is 1. The Hall–Kier alpha value is -1.92. The molecule has 0 spiro atoms. The summed E-state index contributed by atoms with van der Waals surface area (Å²) < 4.78 is 29.0. The van der Waals surface area contributed by atoms with E-state index in [1.54, 1.807) is 7.11 Å². The third-order valence-corrected chi connectivity index (χ3v) is 8.67. The highest BCUT2D eigenvalue weighted by Gasteiger charge is 2.33. The van der Waals surface area contributed by atoms with Gasteiger partial charge in [0.2, 0.25) is 0 Å². The molecule has 4 rings (SSSR count). The standard InChI is InChI=1S/C24H32N2O3S/c1-29-22-10-7-17-14-19(6-5-18(17)15-22)24(25)20-4-3-13-26(16-20)21-8-11-23(12-9-21)30(2,27)28/h5-7,10,14-15,20-21,23,25H,3-4,8-9,11-13,16H2,1-2H3. The van der Waals surface area contributed by atoms with Gasteiger partial charge in [-0.05, 0) is 79.6 Å². The number of hydrogen-bond acceptors (Lipinski definition) is 5. The third kappa shape index (κ3) is 4.54. The van der Waals surface area contributed by atoms with Crippen LogP contribution >= 0.6 is 0 Å². The van der Waals surface area contributed by atoms with Gasteiger partial charge in [-0.1, -0.05) is 18.2 Å². The number of fused-ring (bicyclic) bond motifs is 1. The second-order valence-corrected chi connectivity index (χ2v) is 11.3. The molecule has 0 bridgehead atoms. The van der Waals surface area contributed by atoms with Gasteiger partial charge in [-0.25, -0.2) is 8.42 Å². The second kappa shape index (κ2) is 8.67. The van der Waals surface area contributed by atoms with Crippen LogP contribution in [0.5, 0.6) is 5.75 Å². The van der Waals surface area contributed by atoms with Crippen LogP contribution in [0.25, 0.3) is 10.8 Å². The zero-order chi connectivity index (χ0) is 21.3. The fraction of sp³-hybridized carbons (Fsp3) is 0.542. The highest BCUT2D eigenvalue weighted by Crippen LogP contribution is 2.31. The molecular formula is C24H32N2O3S. The minimum Gasteiger partial charge on any atom is -0.497 e. The molecule has 1 saturated carbocycles. The Morgan fingerprint density at radius 1 is 1.03 bits per heavy atom. The van der Waals surface area contributed by atoms with Crippen LogP contribution < -0.4 is 4.74 Å². The highest BCUT2D eigenvalue weighted by atomic mass is 32.2. The summed E-state index contributed by atoms with van der Waals surface area (Å²) in [7, 11) is -1.25. The summed E-state index contributed by atoms with van der Waals surface area (Å²) in [4.78, 5) is 2.52. The third-order valence-electron chi connectivity index (χ3n) is 6.99. The molecule has 2 aromatic carbocycles. The second-order valence-electron chi connectivity index (χ2n) is 8.94. The highest BCUT2D eigenvalue weighted by molar-refractivity contribution is 7.91. The Morgan fingerprint density at radius 3 is 2.43 bits per heavy atom. The number of piperidine rings is 1. The van der Waals surface area contributed by atoms with Crippen LogP contribution in [-0.4, -0.2) is 56.8 Å². The van der Waals surface area contributed by atoms with Crippen molar-refractivity contribution in [1.29, 1.82) is 5.41 Å². The average molecular weight is 429 g/mol. The first-order valence-electron chi connectivity index (χ1n) is 10.9. The molecule has 1 aliphatic carbocycles. The number of methoxy groups -OCH3 is 1. The Balaban J connectivity index is 1.43. The first kappa shape index (κ1) is 21.3. The topological polar surface area (TPSA) is 70.5 Å². The predicted molar refractivity (Wildman–Crippen MR) is 123 cm³/mol. The normalized spacial score (nSPS) is 25.9. The predicted octanol–water partition coefficient (Wildman–Crippen LogP) is 4.28. The van der Waals surface area contributed by atoms with E-state index in [0.717, 1.165) is 79.4 Å². The van der Waals surface area contributed by atoms with E-state index >= 15 is 0 Å². The Morgan fingerprint density at radius 2 is 1.73 bits per heavy atom. The molecule has 5 nitrogen and oxygen atoms in total. The van der Waals surface area contributed by atoms with E-state index in [2.05, 4.69) is 29.2 Å². The van der Waals surface area contributed by atoms with E-state index in [4.69, 9.17) is 10.1 Å². The number of hydrogen-bond donors (Lipinski definition) is 1. The van der Waals surface area contributed by atoms with Crippen molar-refractivity contribution in [2.75, 3.05) is 26.5 Å². The van der Waals surface area contributed by atoms with Gasteiger partial charge in [-0.3, -0.25) is 4.90 Å². The van der Waals surface area contributed by atoms with E-state index in [0.29, 0.717) is 6.04 Å². The van der Waals surface area contributed by atoms with E-state index in [1.165, 1.54) is 6.26 Å². The van der Waals surface area contributed by atoms with Crippen molar-refractivity contribution in [3.05, 3.63) is 42.0 Å². The lowest BCUT2D eigenvalue weighted by Crippen LogP contribution is -2.47. The number of nitrogens with zero attached hydrogens (tertiary/aromatic N) is 1. The molecule has 2 fully saturated rings. The van der Waals surface area contributed by atoms with Gasteiger partial charge in [0.1, 0.15) is 15.6 Å². The summed E-state index contributed by atoms with van der Waals surface area (Å²) in [6, 6.07) is 12.8. The summed E-state index contributed by atoms with van der Waals surface area (Å²) >= 11 is 0. The van der Waals surface area contributed by atoms with Crippen LogP contribution in [0.2, 0.25) is 0 Å². The van der Waals surface area contributed by atoms with Gasteiger partial charge in [0.05, 0.1) is 12.4 Å². The molecule has 6 heteroatoms. The largest absolute Gasteiger partial charge is 0.497 e. The quantitative estimate of drug-likeness (QED) is 0.722. The number of ether oxygens (including phenoxy) is 1. The molecule has 0 aromatic heterocycles. The number of sulfone groups is 1. The fourth-order valence-corrected chi connectivity index (χ4v) is 6.29. The number of rotatable bonds is 5. The van der Waals surface area contributed by atoms with E-state index in [1.807, 2.05) is 12.1 Å². The molecule has 2 aromatic rings. The fourth-order valence-electron chi connectivity index (χ4n) is 5.17. The van der Waals surface area contributed by atoms with Crippen LogP contribution in [0.1, 0.15) is 44.1 Å². The Bertz CT molecular complexity index is 1030. The first-order chi connectivity index (χ1) is 14.3. The molecule has 2 aliphatic rings. The van der Waals surface area contributed by atoms with Crippen molar-refractivity contribution in [2.45, 2.75) is 49.8 Å². The molecule has 0 amide bonds. The van der Waals surface area contributed by atoms with Gasteiger partial charge in [0, 0.05) is 30.5 Å². The molecule has 1 saturated heterocycles.